The van der Waals surface area contributed by atoms with Crippen LogP contribution in [0.2, 0.25) is 0 Å². The zero-order chi connectivity index (χ0) is 17.2. The zero-order valence-corrected chi connectivity index (χ0v) is 14.0. The van der Waals surface area contributed by atoms with Crippen LogP contribution in [0.3, 0.4) is 0 Å². The van der Waals surface area contributed by atoms with E-state index < -0.39 is 0 Å². The van der Waals surface area contributed by atoms with Crippen molar-refractivity contribution in [2.75, 3.05) is 13.7 Å². The summed E-state index contributed by atoms with van der Waals surface area (Å²) in [5.74, 6) is 0.513. The lowest BCUT2D eigenvalue weighted by Crippen LogP contribution is -2.25. The van der Waals surface area contributed by atoms with Crippen LogP contribution in [-0.4, -0.2) is 25.3 Å². The van der Waals surface area contributed by atoms with Crippen molar-refractivity contribution >= 4 is 11.7 Å². The van der Waals surface area contributed by atoms with Crippen molar-refractivity contribution < 1.29 is 14.3 Å². The number of Topliss-reactive ketones (excluding diaryl/α,β-unsaturated/α-hetero) is 1. The molecule has 2 aromatic rings. The Morgan fingerprint density at radius 1 is 1.00 bits per heavy atom. The van der Waals surface area contributed by atoms with Crippen molar-refractivity contribution in [2.45, 2.75) is 25.7 Å². The minimum absolute atomic E-state index is 0.0478. The molecule has 0 heterocycles. The van der Waals surface area contributed by atoms with Crippen LogP contribution in [0, 0.1) is 0 Å². The quantitative estimate of drug-likeness (QED) is 0.568. The Kier molecular flexibility index (Phi) is 7.02. The molecular weight excluding hydrogens is 302 g/mol. The lowest BCUT2D eigenvalue weighted by atomic mass is 10.1. The number of carbonyl (C=O) groups is 2. The predicted molar refractivity (Wildman–Crippen MR) is 94.3 cm³/mol. The van der Waals surface area contributed by atoms with Gasteiger partial charge in [-0.25, -0.2) is 0 Å². The van der Waals surface area contributed by atoms with Crippen LogP contribution in [0.1, 0.15) is 35.2 Å². The van der Waals surface area contributed by atoms with Crippen LogP contribution in [0.4, 0.5) is 0 Å². The highest BCUT2D eigenvalue weighted by molar-refractivity contribution is 5.98. The first-order valence-corrected chi connectivity index (χ1v) is 8.17. The first kappa shape index (κ1) is 17.7. The Morgan fingerprint density at radius 2 is 1.79 bits per heavy atom. The largest absolute Gasteiger partial charge is 0.497 e. The Balaban J connectivity index is 1.66. The molecule has 126 valence electrons. The van der Waals surface area contributed by atoms with Gasteiger partial charge in [-0.15, -0.1) is 0 Å². The van der Waals surface area contributed by atoms with Gasteiger partial charge in [-0.05, 0) is 30.5 Å². The third-order valence-corrected chi connectivity index (χ3v) is 3.78. The summed E-state index contributed by atoms with van der Waals surface area (Å²) >= 11 is 0. The van der Waals surface area contributed by atoms with Crippen molar-refractivity contribution in [2.24, 2.45) is 0 Å². The van der Waals surface area contributed by atoms with Gasteiger partial charge in [0.05, 0.1) is 7.11 Å². The molecule has 0 unspecified atom stereocenters. The molecule has 0 radical (unpaired) electrons. The number of methoxy groups -OCH3 is 1. The van der Waals surface area contributed by atoms with Crippen molar-refractivity contribution in [3.8, 4) is 5.75 Å². The summed E-state index contributed by atoms with van der Waals surface area (Å²) in [4.78, 5) is 23.9. The van der Waals surface area contributed by atoms with Crippen LogP contribution < -0.4 is 10.1 Å². The van der Waals surface area contributed by atoms with Gasteiger partial charge in [-0.2, -0.15) is 0 Å². The molecule has 2 aromatic carbocycles. The fourth-order valence-corrected chi connectivity index (χ4v) is 2.42. The summed E-state index contributed by atoms with van der Waals surface area (Å²) in [6.07, 6.45) is 2.24. The zero-order valence-electron chi connectivity index (χ0n) is 14.0. The van der Waals surface area contributed by atoms with Crippen molar-refractivity contribution in [1.82, 2.24) is 5.32 Å². The fourth-order valence-electron chi connectivity index (χ4n) is 2.42. The second kappa shape index (κ2) is 9.50. The lowest BCUT2D eigenvalue weighted by molar-refractivity contribution is -0.121. The third kappa shape index (κ3) is 5.88. The molecule has 4 heteroatoms. The monoisotopic (exact) mass is 325 g/mol. The summed E-state index contributed by atoms with van der Waals surface area (Å²) in [6, 6.07) is 17.2. The van der Waals surface area contributed by atoms with Crippen molar-refractivity contribution in [1.29, 1.82) is 0 Å². The van der Waals surface area contributed by atoms with Gasteiger partial charge in [0.2, 0.25) is 5.91 Å². The van der Waals surface area contributed by atoms with E-state index in [1.165, 1.54) is 5.56 Å². The van der Waals surface area contributed by atoms with Crippen molar-refractivity contribution in [3.05, 3.63) is 65.7 Å². The molecule has 1 N–H and O–H groups in total. The van der Waals surface area contributed by atoms with Gasteiger partial charge in [-0.3, -0.25) is 9.59 Å². The molecular formula is C20H23NO3. The number of aryl methyl sites for hydroxylation is 1. The van der Waals surface area contributed by atoms with Crippen LogP contribution in [0.15, 0.2) is 54.6 Å². The molecule has 2 rings (SSSR count). The SMILES string of the molecule is COc1cccc(C(=O)CCC(=O)NCCCc2ccccc2)c1. The standard InChI is InChI=1S/C20H23NO3/c1-24-18-11-5-10-17(15-18)19(22)12-13-20(23)21-14-6-9-16-7-3-2-4-8-16/h2-5,7-8,10-11,15H,6,9,12-14H2,1H3,(H,21,23). The fraction of sp³-hybridized carbons (Fsp3) is 0.300. The van der Waals surface area contributed by atoms with Gasteiger partial charge in [0.15, 0.2) is 5.78 Å². The summed E-state index contributed by atoms with van der Waals surface area (Å²) in [5, 5.41) is 2.87. The number of carbonyl (C=O) groups excluding carboxylic acids is 2. The summed E-state index contributed by atoms with van der Waals surface area (Å²) in [7, 11) is 1.56. The van der Waals surface area contributed by atoms with Gasteiger partial charge in [0, 0.05) is 24.9 Å². The maximum absolute atomic E-state index is 12.1. The molecule has 0 aromatic heterocycles. The molecule has 0 aliphatic heterocycles. The summed E-state index contributed by atoms with van der Waals surface area (Å²) in [6.45, 7) is 0.626. The van der Waals surface area contributed by atoms with Gasteiger partial charge < -0.3 is 10.1 Å². The maximum atomic E-state index is 12.1. The minimum atomic E-state index is -0.0840. The molecule has 24 heavy (non-hydrogen) atoms. The predicted octanol–water partition coefficient (Wildman–Crippen LogP) is 3.41. The molecule has 0 bridgehead atoms. The van der Waals surface area contributed by atoms with Crippen LogP contribution in [0.25, 0.3) is 0 Å². The third-order valence-electron chi connectivity index (χ3n) is 3.78. The number of benzene rings is 2. The molecule has 0 spiro atoms. The van der Waals surface area contributed by atoms with Crippen LogP contribution in [-0.2, 0) is 11.2 Å². The van der Waals surface area contributed by atoms with Gasteiger partial charge in [0.25, 0.3) is 0 Å². The highest BCUT2D eigenvalue weighted by atomic mass is 16.5. The normalized spacial score (nSPS) is 10.2. The second-order valence-electron chi connectivity index (χ2n) is 5.59. The number of hydrogen-bond donors (Lipinski definition) is 1. The molecule has 0 aliphatic carbocycles. The second-order valence-corrected chi connectivity index (χ2v) is 5.59. The van der Waals surface area contributed by atoms with E-state index in [0.29, 0.717) is 17.9 Å². The molecule has 0 saturated carbocycles. The van der Waals surface area contributed by atoms with E-state index in [1.807, 2.05) is 18.2 Å². The summed E-state index contributed by atoms with van der Waals surface area (Å²) in [5.41, 5.74) is 1.84. The molecule has 0 aliphatic rings. The number of rotatable bonds is 9. The number of amides is 1. The van der Waals surface area contributed by atoms with Crippen LogP contribution >= 0.6 is 0 Å². The van der Waals surface area contributed by atoms with E-state index >= 15 is 0 Å². The number of ether oxygens (including phenoxy) is 1. The highest BCUT2D eigenvalue weighted by Crippen LogP contribution is 2.14. The Labute approximate surface area is 142 Å². The van der Waals surface area contributed by atoms with E-state index in [4.69, 9.17) is 4.74 Å². The average molecular weight is 325 g/mol. The maximum Gasteiger partial charge on any atom is 0.220 e. The highest BCUT2D eigenvalue weighted by Gasteiger charge is 2.09. The van der Waals surface area contributed by atoms with Gasteiger partial charge >= 0.3 is 0 Å². The Morgan fingerprint density at radius 3 is 2.54 bits per heavy atom. The molecule has 4 nitrogen and oxygen atoms in total. The number of ketones is 1. The lowest BCUT2D eigenvalue weighted by Gasteiger charge is -2.06. The molecule has 1 amide bonds. The van der Waals surface area contributed by atoms with E-state index in [2.05, 4.69) is 17.4 Å². The average Bonchev–Trinajstić information content (AvgIpc) is 2.64. The van der Waals surface area contributed by atoms with Gasteiger partial charge in [-0.1, -0.05) is 42.5 Å². The van der Waals surface area contributed by atoms with Crippen molar-refractivity contribution in [3.63, 3.8) is 0 Å². The minimum Gasteiger partial charge on any atom is -0.497 e. The molecule has 0 fully saturated rings. The topological polar surface area (TPSA) is 55.4 Å². The first-order valence-electron chi connectivity index (χ1n) is 8.17. The Hall–Kier alpha value is -2.62. The van der Waals surface area contributed by atoms with Gasteiger partial charge in [0.1, 0.15) is 5.75 Å². The van der Waals surface area contributed by atoms with E-state index in [0.717, 1.165) is 12.8 Å². The van der Waals surface area contributed by atoms with Crippen LogP contribution in [0.5, 0.6) is 5.75 Å². The summed E-state index contributed by atoms with van der Waals surface area (Å²) < 4.78 is 5.10. The first-order chi connectivity index (χ1) is 11.7. The smallest absolute Gasteiger partial charge is 0.220 e. The molecule has 0 atom stereocenters. The van der Waals surface area contributed by atoms with E-state index in [1.54, 1.807) is 31.4 Å². The number of hydrogen-bond acceptors (Lipinski definition) is 3. The molecule has 0 saturated heterocycles. The van der Waals surface area contributed by atoms with E-state index in [9.17, 15) is 9.59 Å². The Bertz CT molecular complexity index is 668. The van der Waals surface area contributed by atoms with E-state index in [-0.39, 0.29) is 24.5 Å². The number of nitrogens with one attached hydrogen (secondary N) is 1.